The molecule has 10 heteroatoms. The van der Waals surface area contributed by atoms with Crippen LogP contribution in [0.3, 0.4) is 0 Å². The van der Waals surface area contributed by atoms with E-state index in [1.54, 1.807) is 36.4 Å². The van der Waals surface area contributed by atoms with Crippen LogP contribution in [0, 0.1) is 6.92 Å². The van der Waals surface area contributed by atoms with Crippen LogP contribution >= 0.6 is 11.6 Å². The second-order valence-corrected chi connectivity index (χ2v) is 9.39. The van der Waals surface area contributed by atoms with Crippen molar-refractivity contribution in [2.75, 3.05) is 19.7 Å². The lowest BCUT2D eigenvalue weighted by molar-refractivity contribution is -0.140. The molecule has 0 aliphatic carbocycles. The number of amides is 2. The number of hydrogen-bond donors (Lipinski definition) is 2. The van der Waals surface area contributed by atoms with Crippen LogP contribution in [0.1, 0.15) is 17.5 Å². The van der Waals surface area contributed by atoms with Crippen molar-refractivity contribution in [3.8, 4) is 0 Å². The minimum Gasteiger partial charge on any atom is -0.360 e. The Morgan fingerprint density at radius 1 is 1.10 bits per heavy atom. The van der Waals surface area contributed by atoms with Gasteiger partial charge in [-0.1, -0.05) is 47.5 Å². The van der Waals surface area contributed by atoms with Crippen LogP contribution in [0.5, 0.6) is 0 Å². The van der Waals surface area contributed by atoms with Gasteiger partial charge in [0.25, 0.3) is 0 Å². The number of benzene rings is 2. The standard InChI is InChI=1S/C21H24ClN3O5S/c1-15-7-9-17(10-8-15)31(28,29)25-11-4-12-30-19(25)14-24-21(27)20(26)23-13-16-5-2-3-6-18(16)22/h2-3,5-10,19H,4,11-14H2,1H3,(H,23,26)(H,24,27)/t19-/m1/s1. The third-order valence-electron chi connectivity index (χ3n) is 4.82. The number of sulfonamides is 1. The third kappa shape index (κ3) is 5.82. The van der Waals surface area contributed by atoms with E-state index >= 15 is 0 Å². The van der Waals surface area contributed by atoms with Crippen molar-refractivity contribution in [1.29, 1.82) is 0 Å². The number of hydrogen-bond acceptors (Lipinski definition) is 5. The predicted molar refractivity (Wildman–Crippen MR) is 116 cm³/mol. The molecule has 2 aromatic carbocycles. The molecule has 0 spiro atoms. The van der Waals surface area contributed by atoms with Gasteiger partial charge >= 0.3 is 11.8 Å². The Kier molecular flexibility index (Phi) is 7.66. The minimum atomic E-state index is -3.81. The lowest BCUT2D eigenvalue weighted by Crippen LogP contribution is -2.53. The van der Waals surface area contributed by atoms with E-state index in [1.165, 1.54) is 16.4 Å². The number of ether oxygens (including phenoxy) is 1. The molecule has 1 aliphatic heterocycles. The zero-order valence-corrected chi connectivity index (χ0v) is 18.6. The summed E-state index contributed by atoms with van der Waals surface area (Å²) in [6.07, 6.45) is -0.367. The molecule has 0 saturated carbocycles. The highest BCUT2D eigenvalue weighted by Gasteiger charge is 2.34. The van der Waals surface area contributed by atoms with Gasteiger partial charge in [0.1, 0.15) is 6.23 Å². The van der Waals surface area contributed by atoms with E-state index in [1.807, 2.05) is 6.92 Å². The summed E-state index contributed by atoms with van der Waals surface area (Å²) in [7, 11) is -3.81. The van der Waals surface area contributed by atoms with Crippen molar-refractivity contribution < 1.29 is 22.7 Å². The van der Waals surface area contributed by atoms with E-state index in [9.17, 15) is 18.0 Å². The van der Waals surface area contributed by atoms with E-state index in [4.69, 9.17) is 16.3 Å². The van der Waals surface area contributed by atoms with Crippen LogP contribution in [-0.4, -0.2) is 50.5 Å². The second kappa shape index (κ2) is 10.2. The quantitative estimate of drug-likeness (QED) is 0.633. The van der Waals surface area contributed by atoms with Gasteiger partial charge in [-0.2, -0.15) is 4.31 Å². The molecule has 0 unspecified atom stereocenters. The fourth-order valence-electron chi connectivity index (χ4n) is 3.11. The first-order valence-electron chi connectivity index (χ1n) is 9.78. The summed E-state index contributed by atoms with van der Waals surface area (Å²) in [6.45, 7) is 2.44. The monoisotopic (exact) mass is 465 g/mol. The van der Waals surface area contributed by atoms with Crippen molar-refractivity contribution in [2.45, 2.75) is 31.0 Å². The first-order chi connectivity index (χ1) is 14.8. The predicted octanol–water partition coefficient (Wildman–Crippen LogP) is 1.82. The SMILES string of the molecule is Cc1ccc(S(=O)(=O)N2CCCO[C@@H]2CNC(=O)C(=O)NCc2ccccc2Cl)cc1. The molecule has 0 aromatic heterocycles. The maximum absolute atomic E-state index is 13.0. The van der Waals surface area contributed by atoms with E-state index < -0.39 is 28.1 Å². The number of nitrogens with zero attached hydrogens (tertiary/aromatic N) is 1. The number of carbonyl (C=O) groups is 2. The summed E-state index contributed by atoms with van der Waals surface area (Å²) in [5.41, 5.74) is 1.62. The minimum absolute atomic E-state index is 0.0970. The molecule has 1 fully saturated rings. The smallest absolute Gasteiger partial charge is 0.309 e. The summed E-state index contributed by atoms with van der Waals surface area (Å²) in [6, 6.07) is 13.5. The summed E-state index contributed by atoms with van der Waals surface area (Å²) >= 11 is 6.04. The fourth-order valence-corrected chi connectivity index (χ4v) is 4.87. The zero-order chi connectivity index (χ0) is 22.4. The third-order valence-corrected chi connectivity index (χ3v) is 7.09. The molecule has 1 heterocycles. The van der Waals surface area contributed by atoms with Crippen LogP contribution in [-0.2, 0) is 30.9 Å². The van der Waals surface area contributed by atoms with Gasteiger partial charge in [-0.05, 0) is 37.1 Å². The highest BCUT2D eigenvalue weighted by molar-refractivity contribution is 7.89. The molecular weight excluding hydrogens is 442 g/mol. The van der Waals surface area contributed by atoms with Crippen LogP contribution < -0.4 is 10.6 Å². The van der Waals surface area contributed by atoms with Crippen molar-refractivity contribution in [1.82, 2.24) is 14.9 Å². The average molecular weight is 466 g/mol. The highest BCUT2D eigenvalue weighted by atomic mass is 35.5. The first-order valence-corrected chi connectivity index (χ1v) is 11.6. The van der Waals surface area contributed by atoms with Crippen LogP contribution in [0.15, 0.2) is 53.4 Å². The Hall–Kier alpha value is -2.46. The second-order valence-electron chi connectivity index (χ2n) is 7.09. The normalized spacial score (nSPS) is 17.2. The molecule has 0 radical (unpaired) electrons. The van der Waals surface area contributed by atoms with Gasteiger partial charge in [-0.3, -0.25) is 9.59 Å². The van der Waals surface area contributed by atoms with Crippen LogP contribution in [0.4, 0.5) is 0 Å². The first kappa shape index (κ1) is 23.2. The Morgan fingerprint density at radius 3 is 2.48 bits per heavy atom. The molecule has 2 N–H and O–H groups in total. The van der Waals surface area contributed by atoms with Crippen LogP contribution in [0.25, 0.3) is 0 Å². The molecule has 166 valence electrons. The molecule has 3 rings (SSSR count). The summed E-state index contributed by atoms with van der Waals surface area (Å²) < 4.78 is 32.8. The Bertz CT molecular complexity index is 1040. The van der Waals surface area contributed by atoms with Gasteiger partial charge < -0.3 is 15.4 Å². The van der Waals surface area contributed by atoms with Crippen molar-refractivity contribution in [2.24, 2.45) is 0 Å². The number of aryl methyl sites for hydroxylation is 1. The number of nitrogens with one attached hydrogen (secondary N) is 2. The number of carbonyl (C=O) groups excluding carboxylic acids is 2. The lowest BCUT2D eigenvalue weighted by Gasteiger charge is -2.34. The summed E-state index contributed by atoms with van der Waals surface area (Å²) in [5, 5.41) is 5.42. The van der Waals surface area contributed by atoms with Gasteiger partial charge in [-0.15, -0.1) is 0 Å². The Balaban J connectivity index is 1.59. The van der Waals surface area contributed by atoms with Gasteiger partial charge in [0, 0.05) is 18.1 Å². The average Bonchev–Trinajstić information content (AvgIpc) is 2.77. The molecule has 1 aliphatic rings. The molecule has 2 amide bonds. The lowest BCUT2D eigenvalue weighted by atomic mass is 10.2. The Labute approximate surface area is 186 Å². The van der Waals surface area contributed by atoms with E-state index in [2.05, 4.69) is 10.6 Å². The van der Waals surface area contributed by atoms with Gasteiger partial charge in [-0.25, -0.2) is 8.42 Å². The van der Waals surface area contributed by atoms with Gasteiger partial charge in [0.15, 0.2) is 0 Å². The van der Waals surface area contributed by atoms with Gasteiger partial charge in [0.2, 0.25) is 10.0 Å². The molecular formula is C21H24ClN3O5S. The number of halogens is 1. The van der Waals surface area contributed by atoms with Crippen molar-refractivity contribution >= 4 is 33.4 Å². The molecule has 31 heavy (non-hydrogen) atoms. The zero-order valence-electron chi connectivity index (χ0n) is 17.0. The van der Waals surface area contributed by atoms with Crippen molar-refractivity contribution in [3.05, 3.63) is 64.7 Å². The van der Waals surface area contributed by atoms with Crippen molar-refractivity contribution in [3.63, 3.8) is 0 Å². The maximum Gasteiger partial charge on any atom is 0.309 e. The Morgan fingerprint density at radius 2 is 1.77 bits per heavy atom. The number of rotatable bonds is 6. The molecule has 2 aromatic rings. The molecule has 8 nitrogen and oxygen atoms in total. The van der Waals surface area contributed by atoms with E-state index in [0.717, 1.165) is 5.56 Å². The van der Waals surface area contributed by atoms with E-state index in [-0.39, 0.29) is 24.5 Å². The fraction of sp³-hybridized carbons (Fsp3) is 0.333. The summed E-state index contributed by atoms with van der Waals surface area (Å²) in [4.78, 5) is 24.4. The highest BCUT2D eigenvalue weighted by Crippen LogP contribution is 2.22. The molecule has 1 saturated heterocycles. The van der Waals surface area contributed by atoms with Gasteiger partial charge in [0.05, 0.1) is 18.0 Å². The summed E-state index contributed by atoms with van der Waals surface area (Å²) in [5.74, 6) is -1.72. The van der Waals surface area contributed by atoms with Crippen LogP contribution in [0.2, 0.25) is 5.02 Å². The topological polar surface area (TPSA) is 105 Å². The maximum atomic E-state index is 13.0. The van der Waals surface area contributed by atoms with E-state index in [0.29, 0.717) is 23.6 Å². The molecule has 1 atom stereocenters. The molecule has 0 bridgehead atoms. The largest absolute Gasteiger partial charge is 0.360 e.